The van der Waals surface area contributed by atoms with Crippen molar-refractivity contribution in [1.82, 2.24) is 4.98 Å². The summed E-state index contributed by atoms with van der Waals surface area (Å²) in [4.78, 5) is 15.0. The number of benzene rings is 2. The first-order valence-electron chi connectivity index (χ1n) is 9.42. The van der Waals surface area contributed by atoms with Crippen LogP contribution in [0.3, 0.4) is 0 Å². The first kappa shape index (κ1) is 22.6. The third-order valence-electron chi connectivity index (χ3n) is 4.34. The van der Waals surface area contributed by atoms with Crippen LogP contribution in [-0.2, 0) is 17.4 Å². The summed E-state index contributed by atoms with van der Waals surface area (Å²) >= 11 is 1.40. The molecule has 1 N–H and O–H groups in total. The number of carboxylic acids is 1. The predicted octanol–water partition coefficient (Wildman–Crippen LogP) is 5.61. The van der Waals surface area contributed by atoms with Crippen molar-refractivity contribution in [2.75, 3.05) is 13.2 Å². The zero-order valence-corrected chi connectivity index (χ0v) is 17.4. The second kappa shape index (κ2) is 9.82. The molecule has 1 heterocycles. The number of aliphatic carboxylic acids is 1. The largest absolute Gasteiger partial charge is 0.494 e. The fourth-order valence-corrected chi connectivity index (χ4v) is 3.69. The highest BCUT2D eigenvalue weighted by molar-refractivity contribution is 7.09. The molecule has 0 aliphatic heterocycles. The number of aromatic nitrogens is 1. The van der Waals surface area contributed by atoms with Gasteiger partial charge in [-0.15, -0.1) is 11.3 Å². The monoisotopic (exact) mass is 451 g/mol. The Kier molecular flexibility index (Phi) is 7.17. The van der Waals surface area contributed by atoms with Gasteiger partial charge in [0.25, 0.3) is 0 Å². The molecule has 3 aromatic rings. The lowest BCUT2D eigenvalue weighted by molar-refractivity contribution is -0.139. The third-order valence-corrected chi connectivity index (χ3v) is 5.25. The van der Waals surface area contributed by atoms with Crippen molar-refractivity contribution in [1.29, 1.82) is 0 Å². The van der Waals surface area contributed by atoms with Gasteiger partial charge in [-0.3, -0.25) is 0 Å². The highest BCUT2D eigenvalue weighted by Gasteiger charge is 2.30. The Morgan fingerprint density at radius 3 is 2.68 bits per heavy atom. The van der Waals surface area contributed by atoms with Crippen LogP contribution in [0.1, 0.15) is 22.6 Å². The molecule has 0 amide bonds. The summed E-state index contributed by atoms with van der Waals surface area (Å²) in [5.74, 6) is 0.0850. The smallest absolute Gasteiger partial charge is 0.416 e. The molecule has 0 saturated carbocycles. The van der Waals surface area contributed by atoms with Crippen LogP contribution in [0.4, 0.5) is 13.2 Å². The van der Waals surface area contributed by atoms with E-state index in [0.29, 0.717) is 42.2 Å². The molecule has 0 radical (unpaired) electrons. The number of carbonyl (C=O) groups is 1. The number of aryl methyl sites for hydroxylation is 2. The molecule has 0 aliphatic carbocycles. The van der Waals surface area contributed by atoms with Crippen molar-refractivity contribution in [3.8, 4) is 22.8 Å². The minimum Gasteiger partial charge on any atom is -0.494 e. The molecule has 1 aromatic heterocycles. The molecule has 164 valence electrons. The van der Waals surface area contributed by atoms with Crippen LogP contribution in [0.25, 0.3) is 11.3 Å². The van der Waals surface area contributed by atoms with Crippen LogP contribution in [-0.4, -0.2) is 29.3 Å². The molecule has 9 heteroatoms. The van der Waals surface area contributed by atoms with Crippen molar-refractivity contribution in [2.45, 2.75) is 25.9 Å². The second-order valence-corrected chi connectivity index (χ2v) is 7.71. The summed E-state index contributed by atoms with van der Waals surface area (Å²) in [6, 6.07) is 10.3. The summed E-state index contributed by atoms with van der Waals surface area (Å²) in [5, 5.41) is 11.2. The van der Waals surface area contributed by atoms with Crippen LogP contribution in [0, 0.1) is 6.92 Å². The Labute approximate surface area is 181 Å². The quantitative estimate of drug-likeness (QED) is 0.428. The third kappa shape index (κ3) is 6.45. The molecule has 0 bridgehead atoms. The SMILES string of the molecule is Cc1cc(OCCCc2nc(-c3cccc(C(F)(F)F)c3)cs2)ccc1OCC(=O)O. The minimum absolute atomic E-state index is 0.405. The zero-order valence-electron chi connectivity index (χ0n) is 16.6. The van der Waals surface area contributed by atoms with Gasteiger partial charge >= 0.3 is 12.1 Å². The Morgan fingerprint density at radius 2 is 1.97 bits per heavy atom. The molecule has 0 unspecified atom stereocenters. The van der Waals surface area contributed by atoms with Crippen LogP contribution in [0.5, 0.6) is 11.5 Å². The van der Waals surface area contributed by atoms with Gasteiger partial charge in [0, 0.05) is 17.4 Å². The van der Waals surface area contributed by atoms with Gasteiger partial charge in [-0.05, 0) is 49.2 Å². The Morgan fingerprint density at radius 1 is 1.16 bits per heavy atom. The molecule has 0 atom stereocenters. The average molecular weight is 451 g/mol. The van der Waals surface area contributed by atoms with Crippen LogP contribution in [0.2, 0.25) is 0 Å². The van der Waals surface area contributed by atoms with Crippen molar-refractivity contribution < 1.29 is 32.5 Å². The minimum atomic E-state index is -4.38. The van der Waals surface area contributed by atoms with E-state index in [1.807, 2.05) is 0 Å². The predicted molar refractivity (Wildman–Crippen MR) is 111 cm³/mol. The molecule has 5 nitrogen and oxygen atoms in total. The van der Waals surface area contributed by atoms with Gasteiger partial charge in [0.1, 0.15) is 11.5 Å². The van der Waals surface area contributed by atoms with E-state index in [9.17, 15) is 18.0 Å². The van der Waals surface area contributed by atoms with Crippen molar-refractivity contribution in [2.24, 2.45) is 0 Å². The zero-order chi connectivity index (χ0) is 22.4. The van der Waals surface area contributed by atoms with E-state index in [0.717, 1.165) is 22.7 Å². The standard InChI is InChI=1S/C22H20F3NO4S/c1-14-10-17(7-8-19(14)30-12-21(27)28)29-9-3-6-20-26-18(13-31-20)15-4-2-5-16(11-15)22(23,24)25/h2,4-5,7-8,10-11,13H,3,6,9,12H2,1H3,(H,27,28). The lowest BCUT2D eigenvalue weighted by Gasteiger charge is -2.10. The highest BCUT2D eigenvalue weighted by Crippen LogP contribution is 2.32. The van der Waals surface area contributed by atoms with E-state index in [1.165, 1.54) is 17.4 Å². The van der Waals surface area contributed by atoms with Gasteiger partial charge in [0.05, 0.1) is 22.9 Å². The number of thiazole rings is 1. The summed E-state index contributed by atoms with van der Waals surface area (Å²) in [5.41, 5.74) is 1.04. The van der Waals surface area contributed by atoms with Gasteiger partial charge < -0.3 is 14.6 Å². The fourth-order valence-electron chi connectivity index (χ4n) is 2.84. The molecular formula is C22H20F3NO4S. The molecular weight excluding hydrogens is 431 g/mol. The Hall–Kier alpha value is -3.07. The van der Waals surface area contributed by atoms with Crippen molar-refractivity contribution >= 4 is 17.3 Å². The maximum Gasteiger partial charge on any atom is 0.416 e. The fraction of sp³-hybridized carbons (Fsp3) is 0.273. The Balaban J connectivity index is 1.51. The van der Waals surface area contributed by atoms with E-state index < -0.39 is 24.3 Å². The highest BCUT2D eigenvalue weighted by atomic mass is 32.1. The number of carboxylic acid groups (broad SMARTS) is 1. The normalized spacial score (nSPS) is 11.4. The second-order valence-electron chi connectivity index (χ2n) is 6.77. The average Bonchev–Trinajstić information content (AvgIpc) is 3.19. The van der Waals surface area contributed by atoms with E-state index in [2.05, 4.69) is 4.98 Å². The first-order chi connectivity index (χ1) is 14.7. The lowest BCUT2D eigenvalue weighted by atomic mass is 10.1. The Bertz CT molecular complexity index is 1050. The maximum atomic E-state index is 12.9. The molecule has 3 rings (SSSR count). The van der Waals surface area contributed by atoms with Crippen molar-refractivity contribution in [3.05, 3.63) is 64.0 Å². The summed E-state index contributed by atoms with van der Waals surface area (Å²) < 4.78 is 49.6. The molecule has 0 aliphatic rings. The van der Waals surface area contributed by atoms with Crippen LogP contribution < -0.4 is 9.47 Å². The number of alkyl halides is 3. The number of hydrogen-bond acceptors (Lipinski definition) is 5. The summed E-state index contributed by atoms with van der Waals surface area (Å²) in [7, 11) is 0. The molecule has 0 fully saturated rings. The van der Waals surface area contributed by atoms with Gasteiger partial charge in [-0.2, -0.15) is 13.2 Å². The van der Waals surface area contributed by atoms with E-state index in [4.69, 9.17) is 14.6 Å². The number of hydrogen-bond donors (Lipinski definition) is 1. The van der Waals surface area contributed by atoms with Crippen LogP contribution in [0.15, 0.2) is 47.8 Å². The number of ether oxygens (including phenoxy) is 2. The number of halogens is 3. The summed E-state index contributed by atoms with van der Waals surface area (Å²) in [6.45, 7) is 1.83. The van der Waals surface area contributed by atoms with Crippen molar-refractivity contribution in [3.63, 3.8) is 0 Å². The lowest BCUT2D eigenvalue weighted by Crippen LogP contribution is -2.10. The van der Waals surface area contributed by atoms with E-state index in [1.54, 1.807) is 36.6 Å². The van der Waals surface area contributed by atoms with Gasteiger partial charge in [0.2, 0.25) is 0 Å². The van der Waals surface area contributed by atoms with E-state index in [-0.39, 0.29) is 0 Å². The maximum absolute atomic E-state index is 12.9. The summed E-state index contributed by atoms with van der Waals surface area (Å²) in [6.07, 6.45) is -3.06. The van der Waals surface area contributed by atoms with Gasteiger partial charge in [0.15, 0.2) is 6.61 Å². The van der Waals surface area contributed by atoms with Gasteiger partial charge in [-0.25, -0.2) is 9.78 Å². The number of nitrogens with zero attached hydrogens (tertiary/aromatic N) is 1. The molecule has 0 saturated heterocycles. The van der Waals surface area contributed by atoms with Crippen LogP contribution >= 0.6 is 11.3 Å². The topological polar surface area (TPSA) is 68.7 Å². The molecule has 31 heavy (non-hydrogen) atoms. The first-order valence-corrected chi connectivity index (χ1v) is 10.3. The molecule has 2 aromatic carbocycles. The number of rotatable bonds is 9. The van der Waals surface area contributed by atoms with E-state index >= 15 is 0 Å². The van der Waals surface area contributed by atoms with Gasteiger partial charge in [-0.1, -0.05) is 12.1 Å². The molecule has 0 spiro atoms.